The van der Waals surface area contributed by atoms with Crippen molar-refractivity contribution >= 4 is 23.6 Å². The topological polar surface area (TPSA) is 104 Å². The number of nitrogens with zero attached hydrogens (tertiary/aromatic N) is 2. The number of hydrogen-bond donors (Lipinski definition) is 2. The van der Waals surface area contributed by atoms with Crippen LogP contribution in [-0.2, 0) is 29.0 Å². The van der Waals surface area contributed by atoms with Crippen molar-refractivity contribution in [2.45, 2.75) is 52.8 Å². The van der Waals surface area contributed by atoms with Gasteiger partial charge in [-0.2, -0.15) is 5.10 Å². The molecular formula is C21H27ClN4O4. The van der Waals surface area contributed by atoms with Crippen LogP contribution in [0.4, 0.5) is 4.79 Å². The highest BCUT2D eigenvalue weighted by Gasteiger charge is 2.20. The van der Waals surface area contributed by atoms with E-state index in [-0.39, 0.29) is 24.4 Å². The molecule has 2 N–H and O–H groups in total. The molecule has 2 aromatic rings. The number of aryl methyl sites for hydroxylation is 1. The molecule has 0 aliphatic carbocycles. The zero-order valence-electron chi connectivity index (χ0n) is 17.8. The molecule has 0 bridgehead atoms. The summed E-state index contributed by atoms with van der Waals surface area (Å²) in [6.07, 6.45) is 1.00. The summed E-state index contributed by atoms with van der Waals surface area (Å²) in [7, 11) is 1.64. The number of rotatable bonds is 6. The van der Waals surface area contributed by atoms with Crippen LogP contribution in [0.3, 0.4) is 0 Å². The second-order valence-corrected chi connectivity index (χ2v) is 8.50. The van der Waals surface area contributed by atoms with E-state index in [0.29, 0.717) is 22.7 Å². The summed E-state index contributed by atoms with van der Waals surface area (Å²) < 4.78 is 5.38. The molecule has 0 saturated heterocycles. The minimum absolute atomic E-state index is 0.0581. The molecule has 30 heavy (non-hydrogen) atoms. The van der Waals surface area contributed by atoms with Crippen molar-refractivity contribution < 1.29 is 14.3 Å². The van der Waals surface area contributed by atoms with E-state index in [2.05, 4.69) is 15.5 Å². The second-order valence-electron chi connectivity index (χ2n) is 8.06. The van der Waals surface area contributed by atoms with E-state index in [9.17, 15) is 14.4 Å². The molecule has 1 aromatic carbocycles. The van der Waals surface area contributed by atoms with Gasteiger partial charge in [-0.3, -0.25) is 9.59 Å². The first-order chi connectivity index (χ1) is 14.0. The maximum Gasteiger partial charge on any atom is 0.410 e. The van der Waals surface area contributed by atoms with Gasteiger partial charge >= 0.3 is 6.09 Å². The van der Waals surface area contributed by atoms with E-state index >= 15 is 0 Å². The van der Waals surface area contributed by atoms with Gasteiger partial charge in [0.25, 0.3) is 5.56 Å². The summed E-state index contributed by atoms with van der Waals surface area (Å²) in [5.74, 6) is -0.304. The molecule has 0 fully saturated rings. The zero-order valence-corrected chi connectivity index (χ0v) is 18.6. The van der Waals surface area contributed by atoms with E-state index in [4.69, 9.17) is 16.3 Å². The third-order valence-electron chi connectivity index (χ3n) is 4.27. The molecule has 9 heteroatoms. The lowest BCUT2D eigenvalue weighted by molar-refractivity contribution is -0.120. The fraction of sp³-hybridized carbons (Fsp3) is 0.429. The standard InChI is InChI=1S/C21H27ClN4O4/c1-13-10-24-25-19(28)17(13)9-18(27)23-11-15-8-16(22)7-6-14(15)12-26(5)20(29)30-21(2,3)4/h6-8,10H,9,11-12H2,1-5H3,(H,23,27)(H,25,28). The van der Waals surface area contributed by atoms with E-state index in [1.165, 1.54) is 11.1 Å². The summed E-state index contributed by atoms with van der Waals surface area (Å²) in [4.78, 5) is 37.9. The van der Waals surface area contributed by atoms with Gasteiger partial charge in [-0.1, -0.05) is 17.7 Å². The second kappa shape index (κ2) is 9.75. The predicted octanol–water partition coefficient (Wildman–Crippen LogP) is 2.96. The lowest BCUT2D eigenvalue weighted by atomic mass is 10.1. The summed E-state index contributed by atoms with van der Waals surface area (Å²) in [5.41, 5.74) is 1.64. The van der Waals surface area contributed by atoms with Crippen molar-refractivity contribution in [3.8, 4) is 0 Å². The zero-order chi connectivity index (χ0) is 22.5. The Balaban J connectivity index is 2.07. The molecule has 0 spiro atoms. The Morgan fingerprint density at radius 1 is 1.27 bits per heavy atom. The van der Waals surface area contributed by atoms with E-state index < -0.39 is 11.7 Å². The number of ether oxygens (including phenoxy) is 1. The van der Waals surface area contributed by atoms with Crippen LogP contribution in [0.15, 0.2) is 29.2 Å². The average Bonchev–Trinajstić information content (AvgIpc) is 2.63. The molecule has 2 rings (SSSR count). The molecule has 0 aliphatic rings. The molecule has 2 amide bonds. The molecule has 162 valence electrons. The molecule has 1 aromatic heterocycles. The monoisotopic (exact) mass is 434 g/mol. The van der Waals surface area contributed by atoms with Gasteiger partial charge in [-0.15, -0.1) is 0 Å². The number of nitrogens with one attached hydrogen (secondary N) is 2. The normalized spacial score (nSPS) is 11.1. The number of halogens is 1. The smallest absolute Gasteiger partial charge is 0.410 e. The van der Waals surface area contributed by atoms with Gasteiger partial charge in [-0.05, 0) is 56.5 Å². The van der Waals surface area contributed by atoms with Gasteiger partial charge < -0.3 is 15.0 Å². The molecule has 8 nitrogen and oxygen atoms in total. The predicted molar refractivity (Wildman–Crippen MR) is 114 cm³/mol. The minimum Gasteiger partial charge on any atom is -0.444 e. The lowest BCUT2D eigenvalue weighted by Gasteiger charge is -2.25. The molecule has 0 saturated carbocycles. The number of H-pyrrole nitrogens is 1. The van der Waals surface area contributed by atoms with E-state index in [0.717, 1.165) is 11.1 Å². The number of amides is 2. The van der Waals surface area contributed by atoms with E-state index in [1.807, 2.05) is 6.07 Å². The number of benzene rings is 1. The molecule has 0 radical (unpaired) electrons. The number of aromatic amines is 1. The minimum atomic E-state index is -0.592. The maximum atomic E-state index is 12.4. The highest BCUT2D eigenvalue weighted by molar-refractivity contribution is 6.30. The molecule has 0 unspecified atom stereocenters. The summed E-state index contributed by atoms with van der Waals surface area (Å²) >= 11 is 6.12. The Bertz CT molecular complexity index is 982. The van der Waals surface area contributed by atoms with E-state index in [1.54, 1.807) is 46.9 Å². The van der Waals surface area contributed by atoms with Crippen molar-refractivity contribution in [2.75, 3.05) is 7.05 Å². The van der Waals surface area contributed by atoms with Crippen molar-refractivity contribution in [2.24, 2.45) is 0 Å². The molecular weight excluding hydrogens is 408 g/mol. The Kier molecular flexibility index (Phi) is 7.61. The fourth-order valence-corrected chi connectivity index (χ4v) is 2.92. The van der Waals surface area contributed by atoms with Crippen molar-refractivity contribution in [1.82, 2.24) is 20.4 Å². The highest BCUT2D eigenvalue weighted by atomic mass is 35.5. The lowest BCUT2D eigenvalue weighted by Crippen LogP contribution is -2.34. The van der Waals surface area contributed by atoms with Crippen molar-refractivity contribution in [1.29, 1.82) is 0 Å². The van der Waals surface area contributed by atoms with Crippen LogP contribution in [0.2, 0.25) is 5.02 Å². The summed E-state index contributed by atoms with van der Waals surface area (Å²) in [6.45, 7) is 7.64. The third kappa shape index (κ3) is 6.88. The van der Waals surface area contributed by atoms with Gasteiger partial charge in [0.2, 0.25) is 5.91 Å². The highest BCUT2D eigenvalue weighted by Crippen LogP contribution is 2.19. The number of aromatic nitrogens is 2. The quantitative estimate of drug-likeness (QED) is 0.727. The Hall–Kier alpha value is -2.87. The van der Waals surface area contributed by atoms with Crippen molar-refractivity contribution in [3.05, 3.63) is 62.0 Å². The first-order valence-corrected chi connectivity index (χ1v) is 9.85. The van der Waals surface area contributed by atoms with Crippen LogP contribution >= 0.6 is 11.6 Å². The van der Waals surface area contributed by atoms with Crippen molar-refractivity contribution in [3.63, 3.8) is 0 Å². The van der Waals surface area contributed by atoms with Crippen LogP contribution in [0.25, 0.3) is 0 Å². The van der Waals surface area contributed by atoms with Gasteiger partial charge in [-0.25, -0.2) is 9.89 Å². The van der Waals surface area contributed by atoms with Crippen LogP contribution in [0, 0.1) is 6.92 Å². The molecule has 0 aliphatic heterocycles. The summed E-state index contributed by atoms with van der Waals surface area (Å²) in [5, 5.41) is 9.36. The summed E-state index contributed by atoms with van der Waals surface area (Å²) in [6, 6.07) is 5.28. The maximum absolute atomic E-state index is 12.4. The SMILES string of the molecule is Cc1cn[nH]c(=O)c1CC(=O)NCc1cc(Cl)ccc1CN(C)C(=O)OC(C)(C)C. The molecule has 1 heterocycles. The first kappa shape index (κ1) is 23.4. The average molecular weight is 435 g/mol. The number of carbonyl (C=O) groups is 2. The van der Waals surface area contributed by atoms with Gasteiger partial charge in [0, 0.05) is 30.7 Å². The molecule has 0 atom stereocenters. The van der Waals surface area contributed by atoms with Gasteiger partial charge in [0.1, 0.15) is 5.60 Å². The largest absolute Gasteiger partial charge is 0.444 e. The number of carbonyl (C=O) groups excluding carboxylic acids is 2. The van der Waals surface area contributed by atoms with Crippen LogP contribution in [0.5, 0.6) is 0 Å². The van der Waals surface area contributed by atoms with Crippen LogP contribution in [-0.4, -0.2) is 39.7 Å². The Labute approximate surface area is 180 Å². The first-order valence-electron chi connectivity index (χ1n) is 9.47. The Morgan fingerprint density at radius 2 is 1.97 bits per heavy atom. The van der Waals surface area contributed by atoms with Crippen LogP contribution in [0.1, 0.15) is 43.0 Å². The third-order valence-corrected chi connectivity index (χ3v) is 4.50. The van der Waals surface area contributed by atoms with Crippen LogP contribution < -0.4 is 10.9 Å². The Morgan fingerprint density at radius 3 is 2.60 bits per heavy atom. The van der Waals surface area contributed by atoms with Gasteiger partial charge in [0.05, 0.1) is 12.6 Å². The number of hydrogen-bond acceptors (Lipinski definition) is 5. The fourth-order valence-electron chi connectivity index (χ4n) is 2.72. The van der Waals surface area contributed by atoms with Gasteiger partial charge in [0.15, 0.2) is 0 Å².